The highest BCUT2D eigenvalue weighted by Gasteiger charge is 2.30. The second-order valence-corrected chi connectivity index (χ2v) is 14.8. The lowest BCUT2D eigenvalue weighted by atomic mass is 9.94. The number of pyridine rings is 1. The van der Waals surface area contributed by atoms with Crippen LogP contribution in [0.4, 0.5) is 0 Å². The molecule has 2 fully saturated rings. The first-order valence-electron chi connectivity index (χ1n) is 21.9. The summed E-state index contributed by atoms with van der Waals surface area (Å²) in [6.45, 7) is 32.7. The number of nitrogens with one attached hydrogen (secondary N) is 2. The van der Waals surface area contributed by atoms with Crippen LogP contribution in [0.1, 0.15) is 155 Å². The van der Waals surface area contributed by atoms with Crippen molar-refractivity contribution in [2.75, 3.05) is 20.1 Å². The molecule has 0 spiro atoms. The molecule has 1 aromatic carbocycles. The molecule has 308 valence electrons. The quantitative estimate of drug-likeness (QED) is 0.0757. The average molecular weight is 753 g/mol. The number of aryl methyl sites for hydroxylation is 2. The highest BCUT2D eigenvalue weighted by Crippen LogP contribution is 2.36. The molecule has 1 aromatic heterocycles. The maximum absolute atomic E-state index is 4.60. The molecule has 2 aliphatic rings. The molecule has 2 unspecified atom stereocenters. The van der Waals surface area contributed by atoms with Crippen molar-refractivity contribution in [3.05, 3.63) is 96.7 Å². The maximum atomic E-state index is 4.60. The van der Waals surface area contributed by atoms with Gasteiger partial charge in [-0.3, -0.25) is 9.88 Å². The summed E-state index contributed by atoms with van der Waals surface area (Å²) in [6, 6.07) is 7.70. The molecule has 0 radical (unpaired) electrons. The van der Waals surface area contributed by atoms with Crippen molar-refractivity contribution in [3.8, 4) is 12.3 Å². The lowest BCUT2D eigenvalue weighted by Gasteiger charge is -2.30. The molecule has 0 amide bonds. The predicted octanol–water partition coefficient (Wildman–Crippen LogP) is 13.9. The minimum atomic E-state index is 0.539. The van der Waals surface area contributed by atoms with E-state index in [1.54, 1.807) is 6.92 Å². The lowest BCUT2D eigenvalue weighted by Crippen LogP contribution is -2.40. The van der Waals surface area contributed by atoms with Gasteiger partial charge in [0.15, 0.2) is 0 Å². The van der Waals surface area contributed by atoms with E-state index in [0.717, 1.165) is 36.7 Å². The summed E-state index contributed by atoms with van der Waals surface area (Å²) in [7, 11) is 2.23. The van der Waals surface area contributed by atoms with Crippen LogP contribution in [0.15, 0.2) is 79.8 Å². The minimum absolute atomic E-state index is 0.539. The fraction of sp³-hybridized carbons (Fsp3) is 0.588. The molecule has 1 aliphatic carbocycles. The number of fused-ring (bicyclic) bond motifs is 1. The van der Waals surface area contributed by atoms with E-state index in [9.17, 15) is 0 Å². The van der Waals surface area contributed by atoms with E-state index < -0.39 is 0 Å². The summed E-state index contributed by atoms with van der Waals surface area (Å²) in [4.78, 5) is 6.85. The Kier molecular flexibility index (Phi) is 30.6. The van der Waals surface area contributed by atoms with Crippen molar-refractivity contribution in [1.29, 1.82) is 0 Å². The number of aromatic nitrogens is 1. The minimum Gasteiger partial charge on any atom is -0.385 e. The number of nitrogens with zero attached hydrogens (tertiary/aromatic N) is 2. The summed E-state index contributed by atoms with van der Waals surface area (Å²) in [5.41, 5.74) is 6.08. The molecule has 1 aliphatic heterocycles. The summed E-state index contributed by atoms with van der Waals surface area (Å²) in [5.74, 6) is 3.80. The van der Waals surface area contributed by atoms with Gasteiger partial charge in [0.1, 0.15) is 0 Å². The number of allylic oxidation sites excluding steroid dienone is 3. The fourth-order valence-electron chi connectivity index (χ4n) is 6.73. The lowest BCUT2D eigenvalue weighted by molar-refractivity contribution is 0.315. The van der Waals surface area contributed by atoms with Gasteiger partial charge in [-0.2, -0.15) is 0 Å². The standard InChI is InChI=1S/C23H30N2.C21H38N2.C3H4.2C2H6/c1-5-14-24-19(3)11-9-7-6-8-10-12-21-17-23-20(4)25-15-13-22(23)16-18(21)2;1-5-6-7-8-9-11-17(2)20(16-19-13-14-19)22-18(3)21-12-10-15-23(21)4;1-3-2;2*1-2/h5,10,12-13,15-17,24H,1,3,6-9,11,14H2,2,4H3;9,11,17,19-22H,3,5-8,10,12-16H2,1-2,4H3;1H,2H3;2*1-2H3/b12-10+;11-9-;;;/t;17-,20?,21?;;;/m.0.../s1. The first-order valence-corrected chi connectivity index (χ1v) is 21.9. The summed E-state index contributed by atoms with van der Waals surface area (Å²) < 4.78 is 0. The molecule has 4 rings (SSSR count). The smallest absolute Gasteiger partial charge is 0.0486 e. The number of likely N-dealkylation sites (N-methyl/N-ethyl adjacent to an activating group) is 1. The van der Waals surface area contributed by atoms with Crippen LogP contribution in [-0.2, 0) is 0 Å². The van der Waals surface area contributed by atoms with Gasteiger partial charge in [-0.05, 0) is 133 Å². The zero-order chi connectivity index (χ0) is 41.4. The van der Waals surface area contributed by atoms with Crippen LogP contribution in [0.5, 0.6) is 0 Å². The molecule has 2 aromatic rings. The van der Waals surface area contributed by atoms with E-state index in [4.69, 9.17) is 0 Å². The van der Waals surface area contributed by atoms with Crippen LogP contribution in [0.3, 0.4) is 0 Å². The number of hydrogen-bond acceptors (Lipinski definition) is 4. The number of benzene rings is 1. The molecule has 0 bridgehead atoms. The topological polar surface area (TPSA) is 40.2 Å². The third kappa shape index (κ3) is 22.6. The molecule has 55 heavy (non-hydrogen) atoms. The van der Waals surface area contributed by atoms with E-state index in [-0.39, 0.29) is 0 Å². The first-order chi connectivity index (χ1) is 26.6. The van der Waals surface area contributed by atoms with E-state index >= 15 is 0 Å². The third-order valence-electron chi connectivity index (χ3n) is 10.1. The van der Waals surface area contributed by atoms with Crippen LogP contribution >= 0.6 is 0 Å². The molecular formula is C51H84N4. The Morgan fingerprint density at radius 2 is 1.69 bits per heavy atom. The maximum Gasteiger partial charge on any atom is 0.0486 e. The van der Waals surface area contributed by atoms with Gasteiger partial charge in [0, 0.05) is 47.3 Å². The van der Waals surface area contributed by atoms with Crippen LogP contribution in [0, 0.1) is 38.0 Å². The largest absolute Gasteiger partial charge is 0.385 e. The number of hydrogen-bond donors (Lipinski definition) is 2. The number of unbranched alkanes of at least 4 members (excludes halogenated alkanes) is 6. The molecule has 4 heteroatoms. The van der Waals surface area contributed by atoms with Crippen LogP contribution < -0.4 is 10.6 Å². The Labute approximate surface area is 341 Å². The highest BCUT2D eigenvalue weighted by atomic mass is 15.2. The van der Waals surface area contributed by atoms with Gasteiger partial charge in [-0.25, -0.2) is 0 Å². The fourth-order valence-corrected chi connectivity index (χ4v) is 6.73. The Morgan fingerprint density at radius 1 is 1.02 bits per heavy atom. The normalized spacial score (nSPS) is 15.8. The van der Waals surface area contributed by atoms with Crippen molar-refractivity contribution >= 4 is 16.8 Å². The average Bonchev–Trinajstić information content (AvgIpc) is 3.91. The molecular weight excluding hydrogens is 669 g/mol. The van der Waals surface area contributed by atoms with Gasteiger partial charge in [0.25, 0.3) is 0 Å². The Balaban J connectivity index is 0.000000914. The summed E-state index contributed by atoms with van der Waals surface area (Å²) in [6.07, 6.45) is 35.6. The van der Waals surface area contributed by atoms with Gasteiger partial charge in [0.05, 0.1) is 0 Å². The van der Waals surface area contributed by atoms with Crippen LogP contribution in [-0.4, -0.2) is 42.1 Å². The first kappa shape index (κ1) is 51.5. The van der Waals surface area contributed by atoms with Gasteiger partial charge in [0.2, 0.25) is 0 Å². The van der Waals surface area contributed by atoms with Gasteiger partial charge in [-0.15, -0.1) is 18.9 Å². The SMILES string of the molecule is C#CC.C=C(NC(CC1CC1)[C@@H](C)/C=C\CCCCC)C1CCCN1C.C=CCNC(=C)CCCCC/C=C/c1cc2c(C)nccc2cc1C.CC.CC. The molecule has 3 atom stereocenters. The van der Waals surface area contributed by atoms with Crippen molar-refractivity contribution in [1.82, 2.24) is 20.5 Å². The van der Waals surface area contributed by atoms with Crippen molar-refractivity contribution in [2.45, 2.75) is 164 Å². The zero-order valence-electron chi connectivity index (χ0n) is 37.4. The Bertz CT molecular complexity index is 1420. The number of terminal acetylenes is 1. The molecule has 4 nitrogen and oxygen atoms in total. The second kappa shape index (κ2) is 32.7. The van der Waals surface area contributed by atoms with E-state index in [1.807, 2.05) is 40.0 Å². The second-order valence-electron chi connectivity index (χ2n) is 14.8. The van der Waals surface area contributed by atoms with Gasteiger partial charge < -0.3 is 10.6 Å². The van der Waals surface area contributed by atoms with Crippen LogP contribution in [0.2, 0.25) is 0 Å². The molecule has 2 heterocycles. The Hall–Kier alpha value is -3.55. The van der Waals surface area contributed by atoms with Gasteiger partial charge in [-0.1, -0.05) is 123 Å². The van der Waals surface area contributed by atoms with E-state index in [0.29, 0.717) is 18.0 Å². The number of rotatable bonds is 21. The van der Waals surface area contributed by atoms with Crippen molar-refractivity contribution in [3.63, 3.8) is 0 Å². The van der Waals surface area contributed by atoms with Crippen molar-refractivity contribution in [2.24, 2.45) is 11.8 Å². The predicted molar refractivity (Wildman–Crippen MR) is 249 cm³/mol. The monoisotopic (exact) mass is 753 g/mol. The highest BCUT2D eigenvalue weighted by molar-refractivity contribution is 5.87. The van der Waals surface area contributed by atoms with Crippen molar-refractivity contribution < 1.29 is 0 Å². The van der Waals surface area contributed by atoms with E-state index in [1.165, 1.54) is 111 Å². The third-order valence-corrected chi connectivity index (χ3v) is 10.1. The molecule has 1 saturated carbocycles. The molecule has 1 saturated heterocycles. The summed E-state index contributed by atoms with van der Waals surface area (Å²) >= 11 is 0. The van der Waals surface area contributed by atoms with E-state index in [2.05, 4.69) is 130 Å². The van der Waals surface area contributed by atoms with Crippen LogP contribution in [0.25, 0.3) is 16.8 Å². The Morgan fingerprint density at radius 3 is 2.31 bits per heavy atom. The zero-order valence-corrected chi connectivity index (χ0v) is 37.4. The van der Waals surface area contributed by atoms with Gasteiger partial charge >= 0.3 is 0 Å². The number of likely N-dealkylation sites (tertiary alicyclic amines) is 1. The molecule has 2 N–H and O–H groups in total. The summed E-state index contributed by atoms with van der Waals surface area (Å²) in [5, 5.41) is 9.59.